The van der Waals surface area contributed by atoms with Crippen molar-refractivity contribution in [3.05, 3.63) is 29.8 Å². The Morgan fingerprint density at radius 3 is 3.06 bits per heavy atom. The molecule has 1 atom stereocenters. The van der Waals surface area contributed by atoms with Gasteiger partial charge in [-0.05, 0) is 31.4 Å². The molecular formula is C14H22N2S. The van der Waals surface area contributed by atoms with Gasteiger partial charge in [0.05, 0.1) is 0 Å². The molecule has 0 aliphatic carbocycles. The third-order valence-corrected chi connectivity index (χ3v) is 4.01. The molecule has 2 nitrogen and oxygen atoms in total. The van der Waals surface area contributed by atoms with Crippen LogP contribution < -0.4 is 5.32 Å². The SMILES string of the molecule is CSCCN(C)CC1CCNc2ccccc21. The fourth-order valence-electron chi connectivity index (χ4n) is 2.45. The Kier molecular flexibility index (Phi) is 4.75. The first-order valence-corrected chi connectivity index (χ1v) is 7.71. The second kappa shape index (κ2) is 6.31. The van der Waals surface area contributed by atoms with Crippen molar-refractivity contribution in [2.45, 2.75) is 12.3 Å². The van der Waals surface area contributed by atoms with Crippen molar-refractivity contribution >= 4 is 17.4 Å². The highest BCUT2D eigenvalue weighted by molar-refractivity contribution is 7.98. The van der Waals surface area contributed by atoms with Crippen molar-refractivity contribution in [3.8, 4) is 0 Å². The Balaban J connectivity index is 1.98. The van der Waals surface area contributed by atoms with Crippen LogP contribution in [0.2, 0.25) is 0 Å². The molecule has 0 saturated carbocycles. The molecular weight excluding hydrogens is 228 g/mol. The summed E-state index contributed by atoms with van der Waals surface area (Å²) < 4.78 is 0. The van der Waals surface area contributed by atoms with Gasteiger partial charge in [-0.15, -0.1) is 0 Å². The summed E-state index contributed by atoms with van der Waals surface area (Å²) in [6.45, 7) is 3.48. The van der Waals surface area contributed by atoms with E-state index < -0.39 is 0 Å². The quantitative estimate of drug-likeness (QED) is 0.865. The Labute approximate surface area is 109 Å². The molecule has 1 unspecified atom stereocenters. The minimum Gasteiger partial charge on any atom is -0.385 e. The lowest BCUT2D eigenvalue weighted by molar-refractivity contribution is 0.322. The van der Waals surface area contributed by atoms with Gasteiger partial charge < -0.3 is 10.2 Å². The second-order valence-electron chi connectivity index (χ2n) is 4.75. The van der Waals surface area contributed by atoms with Crippen LogP contribution in [0.3, 0.4) is 0 Å². The lowest BCUT2D eigenvalue weighted by atomic mass is 9.90. The number of rotatable bonds is 5. The number of para-hydroxylation sites is 1. The van der Waals surface area contributed by atoms with Gasteiger partial charge in [-0.1, -0.05) is 18.2 Å². The van der Waals surface area contributed by atoms with Gasteiger partial charge >= 0.3 is 0 Å². The molecule has 0 fully saturated rings. The molecule has 0 saturated heterocycles. The van der Waals surface area contributed by atoms with Crippen LogP contribution in [0.25, 0.3) is 0 Å². The number of benzene rings is 1. The normalized spacial score (nSPS) is 18.9. The Morgan fingerprint density at radius 1 is 1.41 bits per heavy atom. The van der Waals surface area contributed by atoms with Crippen LogP contribution in [0.5, 0.6) is 0 Å². The predicted molar refractivity (Wildman–Crippen MR) is 78.2 cm³/mol. The van der Waals surface area contributed by atoms with Crippen molar-refractivity contribution in [2.75, 3.05) is 44.0 Å². The van der Waals surface area contributed by atoms with Crippen LogP contribution in [0, 0.1) is 0 Å². The smallest absolute Gasteiger partial charge is 0.0376 e. The number of hydrogen-bond donors (Lipinski definition) is 1. The third kappa shape index (κ3) is 3.39. The summed E-state index contributed by atoms with van der Waals surface area (Å²) in [6, 6.07) is 8.74. The molecule has 1 aromatic carbocycles. The average Bonchev–Trinajstić information content (AvgIpc) is 2.37. The largest absolute Gasteiger partial charge is 0.385 e. The van der Waals surface area contributed by atoms with E-state index in [1.165, 1.54) is 36.5 Å². The maximum Gasteiger partial charge on any atom is 0.0376 e. The molecule has 1 aliphatic heterocycles. The van der Waals surface area contributed by atoms with Gasteiger partial charge in [-0.25, -0.2) is 0 Å². The summed E-state index contributed by atoms with van der Waals surface area (Å²) in [5.74, 6) is 1.92. The van der Waals surface area contributed by atoms with Crippen LogP contribution in [0.4, 0.5) is 5.69 Å². The molecule has 94 valence electrons. The molecule has 1 aliphatic rings. The minimum atomic E-state index is 0.694. The van der Waals surface area contributed by atoms with Crippen molar-refractivity contribution < 1.29 is 0 Å². The molecule has 17 heavy (non-hydrogen) atoms. The van der Waals surface area contributed by atoms with Crippen LogP contribution in [0.15, 0.2) is 24.3 Å². The summed E-state index contributed by atoms with van der Waals surface area (Å²) >= 11 is 1.92. The predicted octanol–water partition coefficient (Wildman–Crippen LogP) is 2.88. The topological polar surface area (TPSA) is 15.3 Å². The van der Waals surface area contributed by atoms with Gasteiger partial charge in [0.1, 0.15) is 0 Å². The van der Waals surface area contributed by atoms with Gasteiger partial charge in [0.2, 0.25) is 0 Å². The summed E-state index contributed by atoms with van der Waals surface area (Å²) in [5, 5.41) is 3.49. The van der Waals surface area contributed by atoms with E-state index in [4.69, 9.17) is 0 Å². The number of nitrogens with zero attached hydrogens (tertiary/aromatic N) is 1. The van der Waals surface area contributed by atoms with Crippen molar-refractivity contribution in [3.63, 3.8) is 0 Å². The molecule has 1 heterocycles. The van der Waals surface area contributed by atoms with E-state index >= 15 is 0 Å². The monoisotopic (exact) mass is 250 g/mol. The fraction of sp³-hybridized carbons (Fsp3) is 0.571. The molecule has 0 amide bonds. The summed E-state index contributed by atoms with van der Waals surface area (Å²) in [4.78, 5) is 2.46. The van der Waals surface area contributed by atoms with Gasteiger partial charge in [-0.2, -0.15) is 11.8 Å². The molecule has 0 spiro atoms. The van der Waals surface area contributed by atoms with Gasteiger partial charge in [0.25, 0.3) is 0 Å². The first-order chi connectivity index (χ1) is 8.31. The third-order valence-electron chi connectivity index (χ3n) is 3.42. The number of hydrogen-bond acceptors (Lipinski definition) is 3. The summed E-state index contributed by atoms with van der Waals surface area (Å²) in [6.07, 6.45) is 3.42. The van der Waals surface area contributed by atoms with E-state index in [1.54, 1.807) is 0 Å². The highest BCUT2D eigenvalue weighted by Gasteiger charge is 2.20. The standard InChI is InChI=1S/C14H22N2S/c1-16(9-10-17-2)11-12-7-8-15-14-6-4-3-5-13(12)14/h3-6,12,15H,7-11H2,1-2H3. The number of likely N-dealkylation sites (N-methyl/N-ethyl adjacent to an activating group) is 1. The zero-order chi connectivity index (χ0) is 12.1. The first-order valence-electron chi connectivity index (χ1n) is 6.31. The summed E-state index contributed by atoms with van der Waals surface area (Å²) in [5.41, 5.74) is 2.83. The van der Waals surface area contributed by atoms with Crippen molar-refractivity contribution in [2.24, 2.45) is 0 Å². The van der Waals surface area contributed by atoms with Gasteiger partial charge in [0.15, 0.2) is 0 Å². The Bertz CT molecular complexity index is 354. The van der Waals surface area contributed by atoms with E-state index in [9.17, 15) is 0 Å². The fourth-order valence-corrected chi connectivity index (χ4v) is 2.95. The molecule has 3 heteroatoms. The van der Waals surface area contributed by atoms with Crippen molar-refractivity contribution in [1.29, 1.82) is 0 Å². The van der Waals surface area contributed by atoms with Gasteiger partial charge in [-0.3, -0.25) is 0 Å². The molecule has 0 bridgehead atoms. The van der Waals surface area contributed by atoms with E-state index in [0.29, 0.717) is 5.92 Å². The molecule has 2 rings (SSSR count). The highest BCUT2D eigenvalue weighted by Crippen LogP contribution is 2.31. The number of anilines is 1. The summed E-state index contributed by atoms with van der Waals surface area (Å²) in [7, 11) is 2.24. The number of thioether (sulfide) groups is 1. The van der Waals surface area contributed by atoms with Crippen LogP contribution in [-0.4, -0.2) is 43.6 Å². The number of fused-ring (bicyclic) bond motifs is 1. The highest BCUT2D eigenvalue weighted by atomic mass is 32.2. The average molecular weight is 250 g/mol. The van der Waals surface area contributed by atoms with Crippen molar-refractivity contribution in [1.82, 2.24) is 4.90 Å². The maximum atomic E-state index is 3.49. The van der Waals surface area contributed by atoms with E-state index in [1.807, 2.05) is 11.8 Å². The lowest BCUT2D eigenvalue weighted by Gasteiger charge is -2.30. The van der Waals surface area contributed by atoms with Gasteiger partial charge in [0, 0.05) is 37.0 Å². The van der Waals surface area contributed by atoms with E-state index in [2.05, 4.69) is 47.8 Å². The van der Waals surface area contributed by atoms with Crippen LogP contribution in [-0.2, 0) is 0 Å². The van der Waals surface area contributed by atoms with E-state index in [-0.39, 0.29) is 0 Å². The second-order valence-corrected chi connectivity index (χ2v) is 5.74. The first kappa shape index (κ1) is 12.8. The Morgan fingerprint density at radius 2 is 2.24 bits per heavy atom. The van der Waals surface area contributed by atoms with E-state index in [0.717, 1.165) is 6.54 Å². The minimum absolute atomic E-state index is 0.694. The molecule has 1 N–H and O–H groups in total. The molecule has 0 aromatic heterocycles. The van der Waals surface area contributed by atoms with Crippen LogP contribution >= 0.6 is 11.8 Å². The molecule has 1 aromatic rings. The zero-order valence-electron chi connectivity index (χ0n) is 10.8. The lowest BCUT2D eigenvalue weighted by Crippen LogP contribution is -2.30. The Hall–Kier alpha value is -0.670. The molecule has 0 radical (unpaired) electrons. The number of nitrogens with one attached hydrogen (secondary N) is 1. The maximum absolute atomic E-state index is 3.49. The zero-order valence-corrected chi connectivity index (χ0v) is 11.6. The van der Waals surface area contributed by atoms with Crippen LogP contribution in [0.1, 0.15) is 17.9 Å².